The molecule has 0 spiro atoms. The van der Waals surface area contributed by atoms with Gasteiger partial charge >= 0.3 is 5.97 Å². The van der Waals surface area contributed by atoms with Gasteiger partial charge in [0.2, 0.25) is 5.78 Å². The molecule has 30 heavy (non-hydrogen) atoms. The maximum absolute atomic E-state index is 12.8. The number of aromatic nitrogens is 1. The van der Waals surface area contributed by atoms with Crippen LogP contribution in [0.25, 0.3) is 10.9 Å². The van der Waals surface area contributed by atoms with Crippen molar-refractivity contribution in [3.8, 4) is 5.75 Å². The summed E-state index contributed by atoms with van der Waals surface area (Å²) in [6.07, 6.45) is -1.38. The largest absolute Gasteiger partial charge is 0.469 e. The fourth-order valence-corrected chi connectivity index (χ4v) is 3.72. The van der Waals surface area contributed by atoms with E-state index in [1.807, 2.05) is 34.9 Å². The number of hydrogen-bond acceptors (Lipinski definition) is 7. The maximum atomic E-state index is 12.8. The van der Waals surface area contributed by atoms with Gasteiger partial charge in [-0.3, -0.25) is 14.4 Å². The highest BCUT2D eigenvalue weighted by atomic mass is 16.6. The van der Waals surface area contributed by atoms with Crippen molar-refractivity contribution in [1.82, 2.24) is 4.57 Å². The van der Waals surface area contributed by atoms with Crippen LogP contribution in [-0.4, -0.2) is 41.6 Å². The summed E-state index contributed by atoms with van der Waals surface area (Å²) in [6, 6.07) is 11.1. The van der Waals surface area contributed by atoms with Crippen molar-refractivity contribution in [2.45, 2.75) is 19.6 Å². The highest BCUT2D eigenvalue weighted by Crippen LogP contribution is 2.41. The van der Waals surface area contributed by atoms with Gasteiger partial charge < -0.3 is 19.8 Å². The monoisotopic (exact) mass is 406 g/mol. The molecular formula is C22H18N2O6. The number of esters is 1. The standard InChI is InChI=1S/C22H18N2O6/c1-11-17(23)16-15(24(11)9-12-6-4-3-5-7-12)8-13-14(10-25)20(16)30-21(22(28)29-2)19(27)18(13)26/h3-8,10,21H,9,23H2,1-2H3. The highest BCUT2D eigenvalue weighted by molar-refractivity contribution is 6.49. The zero-order valence-corrected chi connectivity index (χ0v) is 16.3. The average Bonchev–Trinajstić information content (AvgIpc) is 2.96. The summed E-state index contributed by atoms with van der Waals surface area (Å²) in [5.41, 5.74) is 8.64. The van der Waals surface area contributed by atoms with E-state index in [4.69, 9.17) is 10.5 Å². The molecule has 1 aliphatic rings. The molecule has 0 radical (unpaired) electrons. The van der Waals surface area contributed by atoms with Crippen molar-refractivity contribution in [3.05, 3.63) is 58.8 Å². The normalized spacial score (nSPS) is 15.6. The second-order valence-corrected chi connectivity index (χ2v) is 6.96. The number of nitrogens with zero attached hydrogens (tertiary/aromatic N) is 1. The molecule has 1 aromatic heterocycles. The lowest BCUT2D eigenvalue weighted by Crippen LogP contribution is -2.39. The number of nitrogen functional groups attached to an aromatic ring is 1. The third kappa shape index (κ3) is 2.76. The van der Waals surface area contributed by atoms with Gasteiger partial charge in [0, 0.05) is 17.8 Å². The molecule has 2 heterocycles. The quantitative estimate of drug-likeness (QED) is 0.305. The Hall–Kier alpha value is -3.94. The number of nitrogens with two attached hydrogens (primary N) is 1. The molecule has 2 N–H and O–H groups in total. The first-order valence-electron chi connectivity index (χ1n) is 9.16. The molecule has 1 atom stereocenters. The molecule has 152 valence electrons. The van der Waals surface area contributed by atoms with Crippen LogP contribution in [0.3, 0.4) is 0 Å². The number of anilines is 1. The number of carbonyl (C=O) groups excluding carboxylic acids is 4. The molecule has 0 fully saturated rings. The molecule has 2 bridgehead atoms. The van der Waals surface area contributed by atoms with E-state index in [2.05, 4.69) is 4.74 Å². The number of aldehydes is 1. The van der Waals surface area contributed by atoms with E-state index < -0.39 is 23.6 Å². The van der Waals surface area contributed by atoms with Crippen molar-refractivity contribution in [3.63, 3.8) is 0 Å². The summed E-state index contributed by atoms with van der Waals surface area (Å²) in [5, 5.41) is 0.366. The van der Waals surface area contributed by atoms with Gasteiger partial charge in [-0.05, 0) is 18.6 Å². The van der Waals surface area contributed by atoms with Crippen molar-refractivity contribution < 1.29 is 28.7 Å². The Labute approximate surface area is 171 Å². The summed E-state index contributed by atoms with van der Waals surface area (Å²) in [4.78, 5) is 49.2. The smallest absolute Gasteiger partial charge is 0.355 e. The number of benzene rings is 2. The van der Waals surface area contributed by atoms with Crippen LogP contribution in [-0.2, 0) is 20.9 Å². The summed E-state index contributed by atoms with van der Waals surface area (Å²) < 4.78 is 12.1. The van der Waals surface area contributed by atoms with E-state index in [1.54, 1.807) is 6.92 Å². The Morgan fingerprint density at radius 1 is 1.27 bits per heavy atom. The van der Waals surface area contributed by atoms with E-state index in [0.717, 1.165) is 12.7 Å². The molecule has 0 amide bonds. The lowest BCUT2D eigenvalue weighted by Gasteiger charge is -2.14. The van der Waals surface area contributed by atoms with Crippen molar-refractivity contribution in [1.29, 1.82) is 0 Å². The van der Waals surface area contributed by atoms with Gasteiger partial charge in [-0.15, -0.1) is 0 Å². The fourth-order valence-electron chi connectivity index (χ4n) is 3.72. The van der Waals surface area contributed by atoms with Crippen LogP contribution in [0, 0.1) is 6.92 Å². The van der Waals surface area contributed by atoms with Gasteiger partial charge in [0.05, 0.1) is 29.3 Å². The minimum absolute atomic E-state index is 0.0699. The molecule has 0 aliphatic carbocycles. The summed E-state index contributed by atoms with van der Waals surface area (Å²) in [5.74, 6) is -3.19. The minimum Gasteiger partial charge on any atom is -0.469 e. The van der Waals surface area contributed by atoms with E-state index in [-0.39, 0.29) is 16.9 Å². The Morgan fingerprint density at radius 3 is 2.60 bits per heavy atom. The third-order valence-electron chi connectivity index (χ3n) is 5.31. The zero-order chi connectivity index (χ0) is 21.6. The lowest BCUT2D eigenvalue weighted by atomic mass is 9.98. The average molecular weight is 406 g/mol. The second kappa shape index (κ2) is 7.14. The number of ketones is 2. The molecule has 8 nitrogen and oxygen atoms in total. The number of methoxy groups -OCH3 is 1. The van der Waals surface area contributed by atoms with Crippen LogP contribution in [0.1, 0.15) is 32.0 Å². The van der Waals surface area contributed by atoms with Crippen LogP contribution in [0.4, 0.5) is 5.69 Å². The second-order valence-electron chi connectivity index (χ2n) is 6.96. The SMILES string of the molecule is COC(=O)C1Oc2c(C=O)c(cc3c2c(N)c(C)n3Cc2ccccc2)C(=O)C1=O. The van der Waals surface area contributed by atoms with Gasteiger partial charge in [0.15, 0.2) is 6.29 Å². The number of hydrogen-bond donors (Lipinski definition) is 1. The molecule has 2 aromatic carbocycles. The molecule has 1 unspecified atom stereocenters. The van der Waals surface area contributed by atoms with Crippen molar-refractivity contribution >= 4 is 40.4 Å². The van der Waals surface area contributed by atoms with Crippen LogP contribution in [0.15, 0.2) is 36.4 Å². The molecular weight excluding hydrogens is 388 g/mol. The van der Waals surface area contributed by atoms with Gasteiger partial charge in [0.1, 0.15) is 5.75 Å². The fraction of sp³-hybridized carbons (Fsp3) is 0.182. The zero-order valence-electron chi connectivity index (χ0n) is 16.3. The predicted molar refractivity (Wildman–Crippen MR) is 108 cm³/mol. The number of rotatable bonds is 4. The number of Topliss-reactive ketones (excluding diaryl/α,β-unsaturated/α-hetero) is 2. The summed E-state index contributed by atoms with van der Waals surface area (Å²) in [7, 11) is 1.08. The van der Waals surface area contributed by atoms with E-state index >= 15 is 0 Å². The first-order chi connectivity index (χ1) is 14.4. The third-order valence-corrected chi connectivity index (χ3v) is 5.31. The van der Waals surface area contributed by atoms with Crippen LogP contribution < -0.4 is 10.5 Å². The Balaban J connectivity index is 2.02. The molecule has 4 rings (SSSR count). The summed E-state index contributed by atoms with van der Waals surface area (Å²) in [6.45, 7) is 2.25. The number of ether oxygens (including phenoxy) is 2. The van der Waals surface area contributed by atoms with E-state index in [1.165, 1.54) is 6.07 Å². The first-order valence-corrected chi connectivity index (χ1v) is 9.16. The molecule has 0 saturated heterocycles. The van der Waals surface area contributed by atoms with Crippen LogP contribution >= 0.6 is 0 Å². The van der Waals surface area contributed by atoms with Crippen molar-refractivity contribution in [2.24, 2.45) is 0 Å². The molecule has 1 aliphatic heterocycles. The molecule has 8 heteroatoms. The van der Waals surface area contributed by atoms with Gasteiger partial charge in [-0.1, -0.05) is 30.3 Å². The van der Waals surface area contributed by atoms with E-state index in [9.17, 15) is 19.2 Å². The predicted octanol–water partition coefficient (Wildman–Crippen LogP) is 2.08. The lowest BCUT2D eigenvalue weighted by molar-refractivity contribution is -0.152. The van der Waals surface area contributed by atoms with E-state index in [0.29, 0.717) is 35.1 Å². The number of carbonyl (C=O) groups is 4. The maximum Gasteiger partial charge on any atom is 0.355 e. The molecule has 3 aromatic rings. The highest BCUT2D eigenvalue weighted by Gasteiger charge is 2.41. The summed E-state index contributed by atoms with van der Waals surface area (Å²) >= 11 is 0. The van der Waals surface area contributed by atoms with Crippen LogP contribution in [0.5, 0.6) is 5.75 Å². The Morgan fingerprint density at radius 2 is 1.97 bits per heavy atom. The van der Waals surface area contributed by atoms with Crippen LogP contribution in [0.2, 0.25) is 0 Å². The Bertz CT molecular complexity index is 1230. The van der Waals surface area contributed by atoms with Gasteiger partial charge in [-0.25, -0.2) is 4.79 Å². The first kappa shape index (κ1) is 19.4. The minimum atomic E-state index is -1.80. The topological polar surface area (TPSA) is 118 Å². The molecule has 0 saturated carbocycles. The number of fused-ring (bicyclic) bond motifs is 4. The Kier molecular flexibility index (Phi) is 4.62. The van der Waals surface area contributed by atoms with Gasteiger partial charge in [-0.2, -0.15) is 0 Å². The van der Waals surface area contributed by atoms with Gasteiger partial charge in [0.25, 0.3) is 11.9 Å². The van der Waals surface area contributed by atoms with Crippen molar-refractivity contribution in [2.75, 3.05) is 12.8 Å².